The number of nitrogens with zero attached hydrogens (tertiary/aromatic N) is 5. The van der Waals surface area contributed by atoms with E-state index in [9.17, 15) is 26.7 Å². The Morgan fingerprint density at radius 2 is 1.69 bits per heavy atom. The Labute approximate surface area is 222 Å². The van der Waals surface area contributed by atoms with Gasteiger partial charge in [0.05, 0.1) is 5.52 Å². The number of piperazine rings is 1. The number of carbonyl (C=O) groups is 1. The van der Waals surface area contributed by atoms with Crippen molar-refractivity contribution in [1.82, 2.24) is 25.2 Å². The van der Waals surface area contributed by atoms with Crippen LogP contribution in [0.2, 0.25) is 0 Å². The average molecular weight is 549 g/mol. The number of fused-ring (bicyclic) bond motifs is 1. The topological polar surface area (TPSA) is 74.2 Å². The molecule has 0 amide bonds. The molecular formula is C27H29F5N6O. The Balaban J connectivity index is 1.35. The van der Waals surface area contributed by atoms with Gasteiger partial charge in [-0.25, -0.2) is 23.7 Å². The molecule has 0 bridgehead atoms. The summed E-state index contributed by atoms with van der Waals surface area (Å²) in [5.74, 6) is -3.36. The van der Waals surface area contributed by atoms with Gasteiger partial charge in [-0.1, -0.05) is 12.1 Å². The van der Waals surface area contributed by atoms with Crippen LogP contribution in [0.4, 0.5) is 27.8 Å². The quantitative estimate of drug-likeness (QED) is 0.333. The molecule has 2 aliphatic rings. The van der Waals surface area contributed by atoms with E-state index in [2.05, 4.69) is 20.2 Å². The summed E-state index contributed by atoms with van der Waals surface area (Å²) < 4.78 is 66.6. The number of halogens is 5. The molecule has 2 aromatic heterocycles. The van der Waals surface area contributed by atoms with E-state index in [1.54, 1.807) is 17.0 Å². The lowest BCUT2D eigenvalue weighted by atomic mass is 9.94. The summed E-state index contributed by atoms with van der Waals surface area (Å²) in [6.07, 6.45) is -2.95. The number of pyridine rings is 1. The Bertz CT molecular complexity index is 1300. The molecule has 2 saturated heterocycles. The lowest BCUT2D eigenvalue weighted by Gasteiger charge is -2.37. The van der Waals surface area contributed by atoms with Crippen LogP contribution in [0.5, 0.6) is 0 Å². The Kier molecular flexibility index (Phi) is 7.77. The molecule has 2 aliphatic heterocycles. The maximum Gasteiger partial charge on any atom is 0.451 e. The number of ketones is 1. The van der Waals surface area contributed by atoms with Crippen molar-refractivity contribution in [3.63, 3.8) is 0 Å². The van der Waals surface area contributed by atoms with Crippen LogP contribution in [0.1, 0.15) is 53.5 Å². The molecule has 39 heavy (non-hydrogen) atoms. The molecule has 12 heteroatoms. The molecule has 0 saturated carbocycles. The monoisotopic (exact) mass is 548 g/mol. The van der Waals surface area contributed by atoms with E-state index in [4.69, 9.17) is 4.98 Å². The third kappa shape index (κ3) is 6.33. The maximum atomic E-state index is 13.8. The third-order valence-electron chi connectivity index (χ3n) is 7.38. The molecule has 0 radical (unpaired) electrons. The highest BCUT2D eigenvalue weighted by molar-refractivity contribution is 6.07. The number of hydrogen-bond acceptors (Lipinski definition) is 7. The lowest BCUT2D eigenvalue weighted by Crippen LogP contribution is -2.43. The van der Waals surface area contributed by atoms with Crippen molar-refractivity contribution < 1.29 is 26.7 Å². The highest BCUT2D eigenvalue weighted by Crippen LogP contribution is 2.35. The van der Waals surface area contributed by atoms with Crippen molar-refractivity contribution in [2.24, 2.45) is 0 Å². The van der Waals surface area contributed by atoms with Gasteiger partial charge >= 0.3 is 6.18 Å². The second-order valence-corrected chi connectivity index (χ2v) is 9.99. The molecule has 5 rings (SSSR count). The number of piperidine rings is 1. The minimum atomic E-state index is -4.69. The van der Waals surface area contributed by atoms with Crippen molar-refractivity contribution in [3.8, 4) is 0 Å². The summed E-state index contributed by atoms with van der Waals surface area (Å²) in [6.45, 7) is 3.54. The standard InChI is InChI=1S/C27H29F5N6O/c28-26(29)8-12-37(13-9-26)22(18-16-34-25(35-17-18)27(30,31)32)5-6-23(39)20-2-1-3-21-19(20)4-7-24(36-21)38-14-10-33-11-15-38/h1-4,7,16-17,22,33H,5-6,8-15H2/t22-/m1/s1. The number of Topliss-reactive ketones (excluding diaryl/α,β-unsaturated/α-hetero) is 1. The summed E-state index contributed by atoms with van der Waals surface area (Å²) in [5, 5.41) is 4.02. The van der Waals surface area contributed by atoms with Crippen molar-refractivity contribution >= 4 is 22.5 Å². The van der Waals surface area contributed by atoms with Gasteiger partial charge in [-0.15, -0.1) is 0 Å². The number of likely N-dealkylation sites (tertiary alicyclic amines) is 1. The SMILES string of the molecule is O=C(CC[C@H](c1cnc(C(F)(F)F)nc1)N1CCC(F)(F)CC1)c1cccc2nc(N3CCNCC3)ccc12. The van der Waals surface area contributed by atoms with Crippen LogP contribution in [-0.2, 0) is 6.18 Å². The van der Waals surface area contributed by atoms with E-state index in [0.29, 0.717) is 22.0 Å². The van der Waals surface area contributed by atoms with Gasteiger partial charge in [0.2, 0.25) is 5.82 Å². The smallest absolute Gasteiger partial charge is 0.354 e. The zero-order valence-electron chi connectivity index (χ0n) is 21.2. The van der Waals surface area contributed by atoms with E-state index in [1.165, 1.54) is 0 Å². The zero-order chi connectivity index (χ0) is 27.6. The van der Waals surface area contributed by atoms with E-state index in [0.717, 1.165) is 44.4 Å². The van der Waals surface area contributed by atoms with E-state index in [1.807, 2.05) is 18.2 Å². The highest BCUT2D eigenvalue weighted by atomic mass is 19.4. The summed E-state index contributed by atoms with van der Waals surface area (Å²) in [4.78, 5) is 29.0. The summed E-state index contributed by atoms with van der Waals surface area (Å²) in [6, 6.07) is 8.59. The fourth-order valence-electron chi connectivity index (χ4n) is 5.24. The predicted molar refractivity (Wildman–Crippen MR) is 136 cm³/mol. The van der Waals surface area contributed by atoms with E-state index < -0.39 is 24.0 Å². The van der Waals surface area contributed by atoms with Crippen LogP contribution in [0, 0.1) is 0 Å². The van der Waals surface area contributed by atoms with Gasteiger partial charge in [-0.05, 0) is 24.6 Å². The fraction of sp³-hybridized carbons (Fsp3) is 0.481. The molecule has 4 heterocycles. The van der Waals surface area contributed by atoms with Gasteiger partial charge in [-0.3, -0.25) is 9.69 Å². The fourth-order valence-corrected chi connectivity index (χ4v) is 5.24. The van der Waals surface area contributed by atoms with E-state index in [-0.39, 0.29) is 44.6 Å². The number of alkyl halides is 5. The second kappa shape index (κ2) is 11.1. The van der Waals surface area contributed by atoms with Crippen LogP contribution >= 0.6 is 0 Å². The van der Waals surface area contributed by atoms with Gasteiger partial charge < -0.3 is 10.2 Å². The van der Waals surface area contributed by atoms with Crippen molar-refractivity contribution in [3.05, 3.63) is 59.7 Å². The normalized spacial score (nSPS) is 19.3. The molecule has 0 spiro atoms. The molecule has 1 aromatic carbocycles. The first kappa shape index (κ1) is 27.3. The number of nitrogens with one attached hydrogen (secondary N) is 1. The van der Waals surface area contributed by atoms with E-state index >= 15 is 0 Å². The molecule has 3 aromatic rings. The minimum Gasteiger partial charge on any atom is -0.354 e. The van der Waals surface area contributed by atoms with Crippen LogP contribution in [0.3, 0.4) is 0 Å². The number of benzene rings is 1. The average Bonchev–Trinajstić information content (AvgIpc) is 2.93. The summed E-state index contributed by atoms with van der Waals surface area (Å²) in [5.41, 5.74) is 1.56. The zero-order valence-corrected chi connectivity index (χ0v) is 21.2. The molecule has 2 fully saturated rings. The van der Waals surface area contributed by atoms with Gasteiger partial charge in [-0.2, -0.15) is 13.2 Å². The lowest BCUT2D eigenvalue weighted by molar-refractivity contribution is -0.145. The van der Waals surface area contributed by atoms with Crippen molar-refractivity contribution in [2.75, 3.05) is 44.2 Å². The Morgan fingerprint density at radius 1 is 1.00 bits per heavy atom. The van der Waals surface area contributed by atoms with Crippen LogP contribution < -0.4 is 10.2 Å². The molecule has 0 aliphatic carbocycles. The van der Waals surface area contributed by atoms with Gasteiger partial charge in [0, 0.05) is 93.5 Å². The molecular weight excluding hydrogens is 519 g/mol. The highest BCUT2D eigenvalue weighted by Gasteiger charge is 2.38. The molecule has 1 N–H and O–H groups in total. The minimum absolute atomic E-state index is 0.0554. The largest absolute Gasteiger partial charge is 0.451 e. The first-order valence-electron chi connectivity index (χ1n) is 13.0. The number of rotatable bonds is 7. The molecule has 7 nitrogen and oxygen atoms in total. The number of hydrogen-bond donors (Lipinski definition) is 1. The van der Waals surface area contributed by atoms with Gasteiger partial charge in [0.1, 0.15) is 5.82 Å². The van der Waals surface area contributed by atoms with Crippen LogP contribution in [0.25, 0.3) is 10.9 Å². The van der Waals surface area contributed by atoms with Crippen molar-refractivity contribution in [2.45, 2.75) is 43.8 Å². The first-order chi connectivity index (χ1) is 18.6. The molecule has 0 unspecified atom stereocenters. The molecule has 1 atom stereocenters. The Hall–Kier alpha value is -3.25. The van der Waals surface area contributed by atoms with Crippen LogP contribution in [0.15, 0.2) is 42.7 Å². The maximum absolute atomic E-state index is 13.8. The Morgan fingerprint density at radius 3 is 2.36 bits per heavy atom. The van der Waals surface area contributed by atoms with Gasteiger partial charge in [0.25, 0.3) is 5.92 Å². The second-order valence-electron chi connectivity index (χ2n) is 9.99. The first-order valence-corrected chi connectivity index (χ1v) is 13.0. The third-order valence-corrected chi connectivity index (χ3v) is 7.38. The number of aromatic nitrogens is 3. The van der Waals surface area contributed by atoms with Crippen molar-refractivity contribution in [1.29, 1.82) is 0 Å². The summed E-state index contributed by atoms with van der Waals surface area (Å²) in [7, 11) is 0. The number of carbonyl (C=O) groups excluding carboxylic acids is 1. The van der Waals surface area contributed by atoms with Crippen LogP contribution in [-0.4, -0.2) is 70.8 Å². The van der Waals surface area contributed by atoms with Gasteiger partial charge in [0.15, 0.2) is 5.78 Å². The predicted octanol–water partition coefficient (Wildman–Crippen LogP) is 4.89. The molecule has 208 valence electrons. The number of anilines is 1. The summed E-state index contributed by atoms with van der Waals surface area (Å²) >= 11 is 0.